The van der Waals surface area contributed by atoms with E-state index in [9.17, 15) is 9.59 Å². The highest BCUT2D eigenvalue weighted by molar-refractivity contribution is 6.21. The summed E-state index contributed by atoms with van der Waals surface area (Å²) in [7, 11) is 4.02. The quantitative estimate of drug-likeness (QED) is 0.0950. The lowest BCUT2D eigenvalue weighted by Gasteiger charge is -2.27. The number of nitrogens with zero attached hydrogens (tertiary/aromatic N) is 2. The third-order valence-electron chi connectivity index (χ3n) is 9.11. The zero-order valence-corrected chi connectivity index (χ0v) is 28.5. The number of nitrogens with one attached hydrogen (secondary N) is 1. The van der Waals surface area contributed by atoms with E-state index in [0.29, 0.717) is 23.4 Å². The monoisotopic (exact) mass is 621 g/mol. The lowest BCUT2D eigenvalue weighted by Crippen LogP contribution is -2.33. The van der Waals surface area contributed by atoms with Gasteiger partial charge in [0.2, 0.25) is 0 Å². The average molecular weight is 622 g/mol. The minimum atomic E-state index is -0.530. The van der Waals surface area contributed by atoms with Gasteiger partial charge in [-0.3, -0.25) is 14.5 Å². The second-order valence-electron chi connectivity index (χ2n) is 12.9. The molecular weight excluding hydrogens is 566 g/mol. The molecule has 0 aromatic heterocycles. The first-order chi connectivity index (χ1) is 22.5. The van der Waals surface area contributed by atoms with Gasteiger partial charge in [0.25, 0.3) is 5.91 Å². The number of amides is 1. The number of hydrogen-bond acceptors (Lipinski definition) is 4. The molecule has 0 radical (unpaired) electrons. The largest absolute Gasteiger partial charge is 0.380 e. The molecule has 5 heteroatoms. The maximum absolute atomic E-state index is 14.2. The predicted octanol–water partition coefficient (Wildman–Crippen LogP) is 10.0. The molecule has 1 aliphatic heterocycles. The molecular formula is C41H55N3O2. The third kappa shape index (κ3) is 9.82. The van der Waals surface area contributed by atoms with Gasteiger partial charge in [-0.2, -0.15) is 0 Å². The molecule has 46 heavy (non-hydrogen) atoms. The molecule has 3 aromatic carbocycles. The van der Waals surface area contributed by atoms with Crippen LogP contribution in [0.15, 0.2) is 96.2 Å². The van der Waals surface area contributed by atoms with Crippen LogP contribution in [0.5, 0.6) is 0 Å². The van der Waals surface area contributed by atoms with Crippen molar-refractivity contribution in [2.24, 2.45) is 0 Å². The number of Topliss-reactive ketones (excluding diaryl/α,β-unsaturated/α-hetero) is 1. The number of carbonyl (C=O) groups is 2. The van der Waals surface area contributed by atoms with Crippen molar-refractivity contribution in [1.82, 2.24) is 5.32 Å². The molecule has 0 bridgehead atoms. The average Bonchev–Trinajstić information content (AvgIpc) is 3.38. The van der Waals surface area contributed by atoms with Crippen molar-refractivity contribution in [1.29, 1.82) is 0 Å². The molecule has 1 amide bonds. The Kier molecular flexibility index (Phi) is 14.4. The standard InChI is InChI=1S/C41H55N3O2/c1-4-5-6-7-8-9-10-11-12-13-14-15-16-23-32-42-38-37(40(45)34-24-19-17-20-25-34)39(33-28-30-35(31-29-33)43(2)3)44(41(38)46)36-26-21-18-22-27-36/h17-22,24-31,39,42H,4-16,23,32H2,1-3H3/t39-/m0/s1. The van der Waals surface area contributed by atoms with Crippen molar-refractivity contribution >= 4 is 23.1 Å². The maximum Gasteiger partial charge on any atom is 0.275 e. The molecule has 5 nitrogen and oxygen atoms in total. The summed E-state index contributed by atoms with van der Waals surface area (Å²) in [5.74, 6) is -0.268. The number of hydrogen-bond donors (Lipinski definition) is 1. The highest BCUT2D eigenvalue weighted by Crippen LogP contribution is 2.42. The Morgan fingerprint density at radius 3 is 1.70 bits per heavy atom. The first-order valence-electron chi connectivity index (χ1n) is 17.8. The second kappa shape index (κ2) is 19.0. The topological polar surface area (TPSA) is 52.7 Å². The predicted molar refractivity (Wildman–Crippen MR) is 194 cm³/mol. The van der Waals surface area contributed by atoms with Crippen LogP contribution in [0.25, 0.3) is 0 Å². The molecule has 0 aliphatic carbocycles. The molecule has 0 unspecified atom stereocenters. The summed E-state index contributed by atoms with van der Waals surface area (Å²) in [5, 5.41) is 3.46. The van der Waals surface area contributed by atoms with Gasteiger partial charge in [0.05, 0.1) is 11.6 Å². The van der Waals surface area contributed by atoms with E-state index in [2.05, 4.69) is 12.2 Å². The molecule has 3 aromatic rings. The number of carbonyl (C=O) groups excluding carboxylic acids is 2. The van der Waals surface area contributed by atoms with Gasteiger partial charge in [-0.15, -0.1) is 0 Å². The summed E-state index contributed by atoms with van der Waals surface area (Å²) in [6.07, 6.45) is 18.2. The molecule has 1 N–H and O–H groups in total. The third-order valence-corrected chi connectivity index (χ3v) is 9.11. The van der Waals surface area contributed by atoms with Crippen molar-refractivity contribution < 1.29 is 9.59 Å². The number of rotatable bonds is 21. The molecule has 1 heterocycles. The number of benzene rings is 3. The molecule has 4 rings (SSSR count). The Hall–Kier alpha value is -3.86. The highest BCUT2D eigenvalue weighted by Gasteiger charge is 2.44. The minimum absolute atomic E-state index is 0.113. The normalized spacial score (nSPS) is 14.6. The molecule has 1 atom stereocenters. The molecule has 0 saturated carbocycles. The van der Waals surface area contributed by atoms with Gasteiger partial charge in [-0.05, 0) is 36.2 Å². The fourth-order valence-corrected chi connectivity index (χ4v) is 6.43. The first-order valence-corrected chi connectivity index (χ1v) is 17.8. The van der Waals surface area contributed by atoms with Crippen LogP contribution in [-0.4, -0.2) is 32.3 Å². The first kappa shape index (κ1) is 35.0. The SMILES string of the molecule is CCCCCCCCCCCCCCCCNC1=C(C(=O)c2ccccc2)[C@H](c2ccc(N(C)C)cc2)N(c2ccccc2)C1=O. The maximum atomic E-state index is 14.2. The van der Waals surface area contributed by atoms with Crippen molar-refractivity contribution in [3.05, 3.63) is 107 Å². The number of anilines is 2. The smallest absolute Gasteiger partial charge is 0.275 e. The van der Waals surface area contributed by atoms with Gasteiger partial charge in [0.15, 0.2) is 5.78 Å². The Balaban J connectivity index is 1.41. The lowest BCUT2D eigenvalue weighted by atomic mass is 9.92. The molecule has 246 valence electrons. The molecule has 0 spiro atoms. The van der Waals surface area contributed by atoms with Crippen LogP contribution in [0.2, 0.25) is 0 Å². The number of unbranched alkanes of at least 4 members (excludes halogenated alkanes) is 13. The van der Waals surface area contributed by atoms with Crippen molar-refractivity contribution in [2.45, 2.75) is 103 Å². The van der Waals surface area contributed by atoms with E-state index in [4.69, 9.17) is 0 Å². The number of para-hydroxylation sites is 1. The Morgan fingerprint density at radius 2 is 1.17 bits per heavy atom. The van der Waals surface area contributed by atoms with Crippen LogP contribution in [0.4, 0.5) is 11.4 Å². The van der Waals surface area contributed by atoms with Crippen LogP contribution in [0, 0.1) is 0 Å². The van der Waals surface area contributed by atoms with E-state index in [-0.39, 0.29) is 11.7 Å². The Labute approximate surface area is 278 Å². The fourth-order valence-electron chi connectivity index (χ4n) is 6.43. The van der Waals surface area contributed by atoms with Gasteiger partial charge in [0, 0.05) is 37.6 Å². The molecule has 0 saturated heterocycles. The van der Waals surface area contributed by atoms with Gasteiger partial charge in [-0.25, -0.2) is 0 Å². The zero-order chi connectivity index (χ0) is 32.6. The van der Waals surface area contributed by atoms with E-state index in [0.717, 1.165) is 29.8 Å². The molecule has 1 aliphatic rings. The van der Waals surface area contributed by atoms with E-state index in [1.54, 1.807) is 4.90 Å². The minimum Gasteiger partial charge on any atom is -0.380 e. The van der Waals surface area contributed by atoms with Crippen LogP contribution in [0.3, 0.4) is 0 Å². The van der Waals surface area contributed by atoms with Crippen LogP contribution in [0.1, 0.15) is 119 Å². The Bertz CT molecular complexity index is 1370. The van der Waals surface area contributed by atoms with E-state index < -0.39 is 6.04 Å². The van der Waals surface area contributed by atoms with Gasteiger partial charge in [0.1, 0.15) is 5.70 Å². The van der Waals surface area contributed by atoms with Crippen LogP contribution < -0.4 is 15.1 Å². The van der Waals surface area contributed by atoms with E-state index >= 15 is 0 Å². The van der Waals surface area contributed by atoms with Gasteiger partial charge >= 0.3 is 0 Å². The Morgan fingerprint density at radius 1 is 0.674 bits per heavy atom. The summed E-state index contributed by atoms with van der Waals surface area (Å²) in [5.41, 5.74) is 4.29. The van der Waals surface area contributed by atoms with Crippen LogP contribution >= 0.6 is 0 Å². The summed E-state index contributed by atoms with van der Waals surface area (Å²) in [4.78, 5) is 32.3. The summed E-state index contributed by atoms with van der Waals surface area (Å²) < 4.78 is 0. The lowest BCUT2D eigenvalue weighted by molar-refractivity contribution is -0.115. The molecule has 0 fully saturated rings. The fraction of sp³-hybridized carbons (Fsp3) is 0.463. The van der Waals surface area contributed by atoms with Crippen LogP contribution in [-0.2, 0) is 4.79 Å². The summed E-state index contributed by atoms with van der Waals surface area (Å²) in [6, 6.07) is 26.7. The number of ketones is 1. The van der Waals surface area contributed by atoms with Crippen molar-refractivity contribution in [3.63, 3.8) is 0 Å². The van der Waals surface area contributed by atoms with Gasteiger partial charge in [-0.1, -0.05) is 151 Å². The zero-order valence-electron chi connectivity index (χ0n) is 28.5. The van der Waals surface area contributed by atoms with Crippen molar-refractivity contribution in [2.75, 3.05) is 30.4 Å². The highest BCUT2D eigenvalue weighted by atomic mass is 16.2. The second-order valence-corrected chi connectivity index (χ2v) is 12.9. The summed E-state index contributed by atoms with van der Waals surface area (Å²) in [6.45, 7) is 2.94. The summed E-state index contributed by atoms with van der Waals surface area (Å²) >= 11 is 0. The van der Waals surface area contributed by atoms with Gasteiger partial charge < -0.3 is 10.2 Å². The van der Waals surface area contributed by atoms with Crippen molar-refractivity contribution in [3.8, 4) is 0 Å². The van der Waals surface area contributed by atoms with E-state index in [1.165, 1.54) is 77.0 Å². The van der Waals surface area contributed by atoms with E-state index in [1.807, 2.05) is 104 Å².